The highest BCUT2D eigenvalue weighted by molar-refractivity contribution is 5.92. The van der Waals surface area contributed by atoms with Gasteiger partial charge in [-0.2, -0.15) is 0 Å². The number of rotatable bonds is 3. The Morgan fingerprint density at radius 3 is 2.78 bits per heavy atom. The van der Waals surface area contributed by atoms with E-state index in [9.17, 15) is 14.4 Å². The molecular formula is C11H11N3O4. The van der Waals surface area contributed by atoms with Crippen LogP contribution in [-0.4, -0.2) is 33.6 Å². The number of imidazole rings is 1. The van der Waals surface area contributed by atoms with E-state index >= 15 is 0 Å². The fourth-order valence-electron chi connectivity index (χ4n) is 1.68. The summed E-state index contributed by atoms with van der Waals surface area (Å²) in [6.45, 7) is -0.109. The second-order valence-corrected chi connectivity index (χ2v) is 3.73. The summed E-state index contributed by atoms with van der Waals surface area (Å²) in [6.07, 6.45) is 0. The van der Waals surface area contributed by atoms with Crippen LogP contribution in [0.3, 0.4) is 0 Å². The van der Waals surface area contributed by atoms with E-state index in [0.717, 1.165) is 0 Å². The second kappa shape index (κ2) is 4.36. The summed E-state index contributed by atoms with van der Waals surface area (Å²) in [5, 5.41) is 11.3. The minimum Gasteiger partial charge on any atom is -0.478 e. The fourth-order valence-corrected chi connectivity index (χ4v) is 1.68. The minimum absolute atomic E-state index is 0.0795. The third-order valence-electron chi connectivity index (χ3n) is 2.60. The number of fused-ring (bicyclic) bond motifs is 1. The summed E-state index contributed by atoms with van der Waals surface area (Å²) in [6, 6.07) is 4.25. The molecule has 1 aromatic heterocycles. The highest BCUT2D eigenvalue weighted by atomic mass is 16.4. The number of benzene rings is 1. The van der Waals surface area contributed by atoms with Crippen molar-refractivity contribution in [3.8, 4) is 0 Å². The minimum atomic E-state index is -1.07. The van der Waals surface area contributed by atoms with Crippen LogP contribution in [0.25, 0.3) is 11.0 Å². The van der Waals surface area contributed by atoms with Gasteiger partial charge < -0.3 is 15.4 Å². The van der Waals surface area contributed by atoms with Crippen LogP contribution in [0.2, 0.25) is 0 Å². The van der Waals surface area contributed by atoms with Crippen LogP contribution in [0.4, 0.5) is 0 Å². The van der Waals surface area contributed by atoms with Crippen molar-refractivity contribution < 1.29 is 14.7 Å². The Morgan fingerprint density at radius 2 is 2.17 bits per heavy atom. The Labute approximate surface area is 101 Å². The zero-order valence-corrected chi connectivity index (χ0v) is 9.56. The molecule has 0 aliphatic heterocycles. The average Bonchev–Trinajstić information content (AvgIpc) is 2.64. The lowest BCUT2D eigenvalue weighted by Gasteiger charge is -2.02. The predicted octanol–water partition coefficient (Wildman–Crippen LogP) is -0.226. The first kappa shape index (κ1) is 11.9. The summed E-state index contributed by atoms with van der Waals surface area (Å²) < 4.78 is 1.25. The van der Waals surface area contributed by atoms with Crippen molar-refractivity contribution in [3.05, 3.63) is 34.2 Å². The summed E-state index contributed by atoms with van der Waals surface area (Å²) in [7, 11) is 1.48. The maximum Gasteiger partial charge on any atom is 0.335 e. The first-order valence-electron chi connectivity index (χ1n) is 5.19. The Kier molecular flexibility index (Phi) is 2.88. The molecule has 7 nitrogen and oxygen atoms in total. The molecule has 94 valence electrons. The Bertz CT molecular complexity index is 683. The molecule has 0 aliphatic carbocycles. The molecule has 3 N–H and O–H groups in total. The lowest BCUT2D eigenvalue weighted by atomic mass is 10.2. The monoisotopic (exact) mass is 249 g/mol. The molecule has 0 radical (unpaired) electrons. The van der Waals surface area contributed by atoms with Gasteiger partial charge in [-0.15, -0.1) is 0 Å². The number of carboxylic acids is 1. The van der Waals surface area contributed by atoms with Gasteiger partial charge in [-0.1, -0.05) is 0 Å². The van der Waals surface area contributed by atoms with Gasteiger partial charge in [-0.3, -0.25) is 9.36 Å². The van der Waals surface area contributed by atoms with Crippen molar-refractivity contribution in [2.45, 2.75) is 6.54 Å². The molecule has 2 rings (SSSR count). The van der Waals surface area contributed by atoms with Crippen LogP contribution < -0.4 is 11.0 Å². The largest absolute Gasteiger partial charge is 0.478 e. The summed E-state index contributed by atoms with van der Waals surface area (Å²) in [5.41, 5.74) is 0.518. The molecule has 18 heavy (non-hydrogen) atoms. The molecule has 2 aromatic rings. The number of nitrogens with one attached hydrogen (secondary N) is 2. The normalized spacial score (nSPS) is 10.5. The van der Waals surface area contributed by atoms with Crippen molar-refractivity contribution in [3.63, 3.8) is 0 Å². The van der Waals surface area contributed by atoms with Gasteiger partial charge in [0.15, 0.2) is 0 Å². The highest BCUT2D eigenvalue weighted by Crippen LogP contribution is 2.12. The van der Waals surface area contributed by atoms with Gasteiger partial charge in [0.25, 0.3) is 0 Å². The number of aromatic carboxylic acids is 1. The first-order chi connectivity index (χ1) is 8.52. The molecule has 0 fully saturated rings. The van der Waals surface area contributed by atoms with E-state index in [1.165, 1.54) is 29.8 Å². The number of hydrogen-bond acceptors (Lipinski definition) is 3. The Hall–Kier alpha value is -2.57. The molecule has 1 aromatic carbocycles. The van der Waals surface area contributed by atoms with E-state index in [4.69, 9.17) is 5.11 Å². The number of likely N-dealkylation sites (N-methyl/N-ethyl adjacent to an activating group) is 1. The lowest BCUT2D eigenvalue weighted by molar-refractivity contribution is -0.121. The van der Waals surface area contributed by atoms with Gasteiger partial charge >= 0.3 is 11.7 Å². The molecule has 0 unspecified atom stereocenters. The number of amides is 1. The molecule has 0 aliphatic rings. The molecule has 0 atom stereocenters. The smallest absolute Gasteiger partial charge is 0.335 e. The van der Waals surface area contributed by atoms with E-state index in [0.29, 0.717) is 11.0 Å². The topological polar surface area (TPSA) is 104 Å². The van der Waals surface area contributed by atoms with Crippen molar-refractivity contribution in [2.24, 2.45) is 0 Å². The van der Waals surface area contributed by atoms with Crippen LogP contribution in [0.5, 0.6) is 0 Å². The number of aromatic amines is 1. The SMILES string of the molecule is CNC(=O)Cn1c(=O)[nH]c2cc(C(=O)O)ccc21. The highest BCUT2D eigenvalue weighted by Gasteiger charge is 2.11. The van der Waals surface area contributed by atoms with Crippen molar-refractivity contribution >= 4 is 22.9 Å². The van der Waals surface area contributed by atoms with Gasteiger partial charge in [0, 0.05) is 7.05 Å². The third kappa shape index (κ3) is 1.97. The molecular weight excluding hydrogens is 238 g/mol. The summed E-state index contributed by atoms with van der Waals surface area (Å²) in [5.74, 6) is -1.38. The van der Waals surface area contributed by atoms with Gasteiger partial charge in [-0.25, -0.2) is 9.59 Å². The Balaban J connectivity index is 2.55. The average molecular weight is 249 g/mol. The zero-order chi connectivity index (χ0) is 13.3. The number of carboxylic acid groups (broad SMARTS) is 1. The summed E-state index contributed by atoms with van der Waals surface area (Å²) >= 11 is 0. The first-order valence-corrected chi connectivity index (χ1v) is 5.19. The van der Waals surface area contributed by atoms with Gasteiger partial charge in [-0.05, 0) is 18.2 Å². The quantitative estimate of drug-likeness (QED) is 0.699. The van der Waals surface area contributed by atoms with Gasteiger partial charge in [0.1, 0.15) is 6.54 Å². The van der Waals surface area contributed by atoms with E-state index in [1.807, 2.05) is 0 Å². The summed E-state index contributed by atoms with van der Waals surface area (Å²) in [4.78, 5) is 36.2. The van der Waals surface area contributed by atoms with E-state index in [-0.39, 0.29) is 18.0 Å². The molecule has 1 heterocycles. The zero-order valence-electron chi connectivity index (χ0n) is 9.56. The van der Waals surface area contributed by atoms with Gasteiger partial charge in [0.2, 0.25) is 5.91 Å². The molecule has 0 saturated carbocycles. The van der Waals surface area contributed by atoms with Crippen molar-refractivity contribution in [1.29, 1.82) is 0 Å². The molecule has 1 amide bonds. The van der Waals surface area contributed by atoms with Crippen LogP contribution in [0, 0.1) is 0 Å². The standard InChI is InChI=1S/C11H11N3O4/c1-12-9(15)5-14-8-3-2-6(10(16)17)4-7(8)13-11(14)18/h2-4H,5H2,1H3,(H,12,15)(H,13,18)(H,16,17). The van der Waals surface area contributed by atoms with Crippen molar-refractivity contribution in [2.75, 3.05) is 7.05 Å². The molecule has 0 bridgehead atoms. The molecule has 7 heteroatoms. The number of hydrogen-bond donors (Lipinski definition) is 3. The van der Waals surface area contributed by atoms with Crippen LogP contribution in [0.15, 0.2) is 23.0 Å². The molecule has 0 saturated heterocycles. The van der Waals surface area contributed by atoms with Gasteiger partial charge in [0.05, 0.1) is 16.6 Å². The van der Waals surface area contributed by atoms with Crippen LogP contribution >= 0.6 is 0 Å². The maximum absolute atomic E-state index is 11.7. The predicted molar refractivity (Wildman–Crippen MR) is 63.6 cm³/mol. The number of aromatic nitrogens is 2. The van der Waals surface area contributed by atoms with E-state index < -0.39 is 11.7 Å². The second-order valence-electron chi connectivity index (χ2n) is 3.73. The third-order valence-corrected chi connectivity index (χ3v) is 2.60. The fraction of sp³-hybridized carbons (Fsp3) is 0.182. The Morgan fingerprint density at radius 1 is 1.44 bits per heavy atom. The number of nitrogens with zero attached hydrogens (tertiary/aromatic N) is 1. The number of H-pyrrole nitrogens is 1. The van der Waals surface area contributed by atoms with Crippen LogP contribution in [-0.2, 0) is 11.3 Å². The van der Waals surface area contributed by atoms with E-state index in [2.05, 4.69) is 10.3 Å². The number of carbonyl (C=O) groups is 2. The van der Waals surface area contributed by atoms with Crippen LogP contribution in [0.1, 0.15) is 10.4 Å². The van der Waals surface area contributed by atoms with E-state index in [1.54, 1.807) is 0 Å². The number of carbonyl (C=O) groups excluding carboxylic acids is 1. The molecule has 0 spiro atoms. The maximum atomic E-state index is 11.7. The lowest BCUT2D eigenvalue weighted by Crippen LogP contribution is -2.28. The van der Waals surface area contributed by atoms with Crippen molar-refractivity contribution in [1.82, 2.24) is 14.9 Å².